The van der Waals surface area contributed by atoms with Gasteiger partial charge in [-0.05, 0) is 72.9 Å². The Morgan fingerprint density at radius 1 is 0.744 bits per heavy atom. The molecule has 4 aromatic carbocycles. The molecule has 6 heteroatoms. The van der Waals surface area contributed by atoms with Crippen LogP contribution in [0, 0.1) is 0 Å². The van der Waals surface area contributed by atoms with Crippen LogP contribution in [0.4, 0.5) is 10.5 Å². The number of benzene rings is 4. The number of carbonyl (C=O) groups excluding carboxylic acids is 2. The van der Waals surface area contributed by atoms with Gasteiger partial charge in [0.05, 0.1) is 13.0 Å². The second kappa shape index (κ2) is 14.8. The van der Waals surface area contributed by atoms with Gasteiger partial charge in [-0.15, -0.1) is 0 Å². The van der Waals surface area contributed by atoms with E-state index in [1.165, 1.54) is 11.1 Å². The number of ether oxygens (including phenoxy) is 1. The Kier molecular flexibility index (Phi) is 10.6. The first-order chi connectivity index (χ1) is 19.1. The molecule has 5 nitrogen and oxygen atoms in total. The van der Waals surface area contributed by atoms with E-state index in [4.69, 9.17) is 4.74 Å². The van der Waals surface area contributed by atoms with Crippen LogP contribution in [0.3, 0.4) is 0 Å². The van der Waals surface area contributed by atoms with Gasteiger partial charge in [-0.25, -0.2) is 4.79 Å². The standard InChI is InChI=1S/C33H34N2O3S/c1-2-38-32(36)25-28-14-9-15-31(24-28)39-30-18-16-29(17-19-30)35(23-21-27-12-7-4-8-13-27)33(37)34-22-20-26-10-5-3-6-11-26/h3-19,24H,2,20-23,25H2,1H3,(H,34,37). The molecule has 0 aromatic heterocycles. The first kappa shape index (κ1) is 28.0. The molecule has 4 aromatic rings. The molecular formula is C33H34N2O3S. The molecule has 4 rings (SSSR count). The SMILES string of the molecule is CCOC(=O)Cc1cccc(Sc2ccc(N(CCc3ccccc3)C(=O)NCCc3ccccc3)cc2)c1. The van der Waals surface area contributed by atoms with Gasteiger partial charge < -0.3 is 10.1 Å². The van der Waals surface area contributed by atoms with E-state index in [1.54, 1.807) is 11.8 Å². The van der Waals surface area contributed by atoms with Crippen molar-refractivity contribution in [2.45, 2.75) is 36.0 Å². The maximum atomic E-state index is 13.3. The van der Waals surface area contributed by atoms with Gasteiger partial charge >= 0.3 is 12.0 Å². The molecule has 0 heterocycles. The predicted octanol–water partition coefficient (Wildman–Crippen LogP) is 6.94. The van der Waals surface area contributed by atoms with E-state index < -0.39 is 0 Å². The van der Waals surface area contributed by atoms with E-state index in [9.17, 15) is 9.59 Å². The summed E-state index contributed by atoms with van der Waals surface area (Å²) in [6.45, 7) is 3.34. The van der Waals surface area contributed by atoms with Crippen molar-refractivity contribution in [1.82, 2.24) is 5.32 Å². The minimum atomic E-state index is -0.221. The smallest absolute Gasteiger partial charge is 0.321 e. The molecule has 0 bridgehead atoms. The lowest BCUT2D eigenvalue weighted by molar-refractivity contribution is -0.142. The summed E-state index contributed by atoms with van der Waals surface area (Å²) in [4.78, 5) is 29.0. The number of rotatable bonds is 12. The third kappa shape index (κ3) is 9.04. The summed E-state index contributed by atoms with van der Waals surface area (Å²) in [7, 11) is 0. The number of hydrogen-bond acceptors (Lipinski definition) is 4. The third-order valence-corrected chi connectivity index (χ3v) is 7.18. The van der Waals surface area contributed by atoms with Gasteiger partial charge in [0.2, 0.25) is 0 Å². The Labute approximate surface area is 235 Å². The van der Waals surface area contributed by atoms with Crippen LogP contribution in [-0.4, -0.2) is 31.7 Å². The maximum Gasteiger partial charge on any atom is 0.321 e. The fraction of sp³-hybridized carbons (Fsp3) is 0.212. The second-order valence-corrected chi connectivity index (χ2v) is 10.2. The molecule has 200 valence electrons. The largest absolute Gasteiger partial charge is 0.466 e. The first-order valence-corrected chi connectivity index (χ1v) is 14.1. The molecule has 0 saturated heterocycles. The molecule has 0 aliphatic heterocycles. The van der Waals surface area contributed by atoms with Gasteiger partial charge in [0, 0.05) is 28.6 Å². The summed E-state index contributed by atoms with van der Waals surface area (Å²) in [5.41, 5.74) is 4.16. The van der Waals surface area contributed by atoms with Crippen molar-refractivity contribution in [2.24, 2.45) is 0 Å². The van der Waals surface area contributed by atoms with Gasteiger partial charge in [-0.2, -0.15) is 0 Å². The third-order valence-electron chi connectivity index (χ3n) is 6.18. The molecule has 2 amide bonds. The molecule has 0 saturated carbocycles. The number of esters is 1. The average Bonchev–Trinajstić information content (AvgIpc) is 2.95. The van der Waals surface area contributed by atoms with E-state index in [1.807, 2.05) is 96.8 Å². The highest BCUT2D eigenvalue weighted by Crippen LogP contribution is 2.30. The van der Waals surface area contributed by atoms with Gasteiger partial charge in [0.1, 0.15) is 0 Å². The lowest BCUT2D eigenvalue weighted by Gasteiger charge is -2.24. The van der Waals surface area contributed by atoms with Crippen LogP contribution in [0.15, 0.2) is 119 Å². The van der Waals surface area contributed by atoms with Crippen LogP contribution >= 0.6 is 11.8 Å². The molecule has 1 N–H and O–H groups in total. The minimum absolute atomic E-state index is 0.103. The lowest BCUT2D eigenvalue weighted by atomic mass is 10.1. The van der Waals surface area contributed by atoms with Crippen LogP contribution in [0.2, 0.25) is 0 Å². The van der Waals surface area contributed by atoms with Crippen LogP contribution < -0.4 is 10.2 Å². The van der Waals surface area contributed by atoms with E-state index in [0.717, 1.165) is 33.9 Å². The van der Waals surface area contributed by atoms with E-state index in [-0.39, 0.29) is 18.4 Å². The zero-order chi connectivity index (χ0) is 27.3. The fourth-order valence-corrected chi connectivity index (χ4v) is 5.12. The van der Waals surface area contributed by atoms with E-state index >= 15 is 0 Å². The average molecular weight is 539 g/mol. The maximum absolute atomic E-state index is 13.3. The van der Waals surface area contributed by atoms with Crippen LogP contribution in [-0.2, 0) is 28.8 Å². The summed E-state index contributed by atoms with van der Waals surface area (Å²) in [6.07, 6.45) is 1.80. The summed E-state index contributed by atoms with van der Waals surface area (Å²) in [6, 6.07) is 36.3. The first-order valence-electron chi connectivity index (χ1n) is 13.3. The minimum Gasteiger partial charge on any atom is -0.466 e. The highest BCUT2D eigenvalue weighted by atomic mass is 32.2. The zero-order valence-electron chi connectivity index (χ0n) is 22.2. The number of urea groups is 1. The van der Waals surface area contributed by atoms with Crippen LogP contribution in [0.5, 0.6) is 0 Å². The quantitative estimate of drug-likeness (QED) is 0.198. The highest BCUT2D eigenvalue weighted by molar-refractivity contribution is 7.99. The monoisotopic (exact) mass is 538 g/mol. The molecule has 39 heavy (non-hydrogen) atoms. The molecule has 0 radical (unpaired) electrons. The van der Waals surface area contributed by atoms with Gasteiger partial charge in [-0.3, -0.25) is 9.69 Å². The van der Waals surface area contributed by atoms with Gasteiger partial charge in [0.25, 0.3) is 0 Å². The van der Waals surface area contributed by atoms with Crippen molar-refractivity contribution < 1.29 is 14.3 Å². The normalized spacial score (nSPS) is 10.6. The molecule has 0 fully saturated rings. The Hall–Kier alpha value is -4.03. The van der Waals surface area contributed by atoms with Gasteiger partial charge in [-0.1, -0.05) is 84.6 Å². The molecule has 0 spiro atoms. The fourth-order valence-electron chi connectivity index (χ4n) is 4.22. The van der Waals surface area contributed by atoms with Crippen molar-refractivity contribution in [3.05, 3.63) is 126 Å². The number of anilines is 1. The molecule has 0 unspecified atom stereocenters. The van der Waals surface area contributed by atoms with Crippen molar-refractivity contribution in [1.29, 1.82) is 0 Å². The van der Waals surface area contributed by atoms with Crippen LogP contribution in [0.1, 0.15) is 23.6 Å². The zero-order valence-corrected chi connectivity index (χ0v) is 23.0. The van der Waals surface area contributed by atoms with Gasteiger partial charge in [0.15, 0.2) is 0 Å². The van der Waals surface area contributed by atoms with E-state index in [2.05, 4.69) is 29.6 Å². The van der Waals surface area contributed by atoms with Crippen molar-refractivity contribution in [3.63, 3.8) is 0 Å². The molecule has 0 aliphatic rings. The number of amides is 2. The summed E-state index contributed by atoms with van der Waals surface area (Å²) in [5.74, 6) is -0.221. The number of hydrogen-bond donors (Lipinski definition) is 1. The summed E-state index contributed by atoms with van der Waals surface area (Å²) in [5, 5.41) is 3.10. The van der Waals surface area contributed by atoms with Crippen molar-refractivity contribution >= 4 is 29.4 Å². The number of carbonyl (C=O) groups is 2. The lowest BCUT2D eigenvalue weighted by Crippen LogP contribution is -2.42. The Morgan fingerprint density at radius 3 is 2.05 bits per heavy atom. The number of nitrogens with one attached hydrogen (secondary N) is 1. The molecule has 0 aliphatic carbocycles. The Bertz CT molecular complexity index is 1330. The van der Waals surface area contributed by atoms with Crippen molar-refractivity contribution in [2.75, 3.05) is 24.6 Å². The Balaban J connectivity index is 1.42. The second-order valence-electron chi connectivity index (χ2n) is 9.08. The Morgan fingerprint density at radius 2 is 1.38 bits per heavy atom. The molecular weight excluding hydrogens is 504 g/mol. The van der Waals surface area contributed by atoms with E-state index in [0.29, 0.717) is 19.7 Å². The summed E-state index contributed by atoms with van der Waals surface area (Å²) < 4.78 is 5.07. The highest BCUT2D eigenvalue weighted by Gasteiger charge is 2.16. The topological polar surface area (TPSA) is 58.6 Å². The van der Waals surface area contributed by atoms with Crippen molar-refractivity contribution in [3.8, 4) is 0 Å². The van der Waals surface area contributed by atoms with Crippen LogP contribution in [0.25, 0.3) is 0 Å². The summed E-state index contributed by atoms with van der Waals surface area (Å²) >= 11 is 1.62. The number of nitrogens with zero attached hydrogens (tertiary/aromatic N) is 1. The predicted molar refractivity (Wildman–Crippen MR) is 158 cm³/mol. The molecule has 0 atom stereocenters.